The van der Waals surface area contributed by atoms with Gasteiger partial charge in [-0.2, -0.15) is 21.0 Å². The summed E-state index contributed by atoms with van der Waals surface area (Å²) in [4.78, 5) is 31.2. The summed E-state index contributed by atoms with van der Waals surface area (Å²) in [6.45, 7) is 7.94. The van der Waals surface area contributed by atoms with E-state index in [2.05, 4.69) is 0 Å². The lowest BCUT2D eigenvalue weighted by atomic mass is 9.99. The first-order valence-electron chi connectivity index (χ1n) is 14.8. The second-order valence-electron chi connectivity index (χ2n) is 10.5. The molecule has 2 heterocycles. The number of rotatable bonds is 12. The van der Waals surface area contributed by atoms with Crippen LogP contribution in [0.25, 0.3) is 0 Å². The zero-order valence-corrected chi connectivity index (χ0v) is 27.6. The van der Waals surface area contributed by atoms with Crippen molar-refractivity contribution >= 4 is 46.8 Å². The number of unbranched alkanes of at least 4 members (excludes halogenated alkanes) is 2. The van der Waals surface area contributed by atoms with Crippen LogP contribution in [-0.2, 0) is 9.59 Å². The molecule has 0 saturated carbocycles. The third kappa shape index (κ3) is 6.68. The van der Waals surface area contributed by atoms with Gasteiger partial charge >= 0.3 is 11.9 Å². The molecule has 12 heteroatoms. The van der Waals surface area contributed by atoms with Gasteiger partial charge < -0.3 is 19.3 Å². The molecule has 0 amide bonds. The minimum absolute atomic E-state index is 0.148. The number of carbonyl (C=O) groups excluding carboxylic acids is 2. The van der Waals surface area contributed by atoms with Gasteiger partial charge in [0.2, 0.25) is 0 Å². The van der Waals surface area contributed by atoms with E-state index in [0.717, 1.165) is 49.2 Å². The molecule has 0 N–H and O–H groups in total. The highest BCUT2D eigenvalue weighted by molar-refractivity contribution is 8.04. The van der Waals surface area contributed by atoms with Gasteiger partial charge in [-0.1, -0.05) is 76.9 Å². The molecule has 2 aliphatic rings. The maximum atomic E-state index is 13.6. The summed E-state index contributed by atoms with van der Waals surface area (Å²) in [5.74, 6) is -1.26. The van der Waals surface area contributed by atoms with Crippen LogP contribution in [0, 0.1) is 57.2 Å². The van der Waals surface area contributed by atoms with E-state index in [9.17, 15) is 30.6 Å². The number of esters is 2. The summed E-state index contributed by atoms with van der Waals surface area (Å²) in [7, 11) is 3.30. The van der Waals surface area contributed by atoms with Crippen molar-refractivity contribution in [2.45, 2.75) is 88.9 Å². The van der Waals surface area contributed by atoms with Crippen LogP contribution < -0.4 is 19.3 Å². The fraction of sp³-hybridized carbons (Fsp3) is 0.500. The van der Waals surface area contributed by atoms with Gasteiger partial charge in [0.15, 0.2) is 22.6 Å². The standard InChI is InChI=1S/C32H36N6O4S2/c1-7-11-13-19(9-3)31(39)41-25-23-28(44-29(37(23)5)21(15-33)16-34)26(42-32(40)20(10-4)14-12-8-2)24-27(25)43-30(38(24)6)22(17-35)18-36/h19-20H,7-14H2,1-6H3. The van der Waals surface area contributed by atoms with Crippen molar-refractivity contribution in [2.24, 2.45) is 11.8 Å². The van der Waals surface area contributed by atoms with Crippen molar-refractivity contribution in [3.05, 3.63) is 21.2 Å². The molecule has 44 heavy (non-hydrogen) atoms. The lowest BCUT2D eigenvalue weighted by Gasteiger charge is -2.24. The number of nitrogens with zero attached hydrogens (tertiary/aromatic N) is 6. The number of carbonyl (C=O) groups is 2. The van der Waals surface area contributed by atoms with Gasteiger partial charge in [0, 0.05) is 14.1 Å². The zero-order valence-electron chi connectivity index (χ0n) is 25.9. The van der Waals surface area contributed by atoms with Gasteiger partial charge in [-0.25, -0.2) is 0 Å². The molecule has 0 aliphatic carbocycles. The molecule has 0 bridgehead atoms. The lowest BCUT2D eigenvalue weighted by molar-refractivity contribution is -0.140. The summed E-state index contributed by atoms with van der Waals surface area (Å²) >= 11 is 2.15. The Hall–Kier alpha value is -4.10. The second-order valence-corrected chi connectivity index (χ2v) is 12.5. The Kier molecular flexibility index (Phi) is 12.2. The minimum Gasteiger partial charge on any atom is -0.423 e. The van der Waals surface area contributed by atoms with Gasteiger partial charge in [0.05, 0.1) is 21.6 Å². The molecule has 0 spiro atoms. The van der Waals surface area contributed by atoms with Crippen LogP contribution in [0.2, 0.25) is 0 Å². The lowest BCUT2D eigenvalue weighted by Crippen LogP contribution is -2.23. The topological polar surface area (TPSA) is 154 Å². The van der Waals surface area contributed by atoms with Crippen molar-refractivity contribution in [3.63, 3.8) is 0 Å². The Balaban J connectivity index is 2.37. The minimum atomic E-state index is -0.432. The van der Waals surface area contributed by atoms with E-state index in [0.29, 0.717) is 56.9 Å². The number of anilines is 2. The van der Waals surface area contributed by atoms with Crippen LogP contribution in [0.3, 0.4) is 0 Å². The number of hydrogen-bond donors (Lipinski definition) is 0. The fourth-order valence-corrected chi connectivity index (χ4v) is 7.43. The molecule has 0 fully saturated rings. The maximum Gasteiger partial charge on any atom is 0.314 e. The molecular formula is C32H36N6O4S2. The number of hydrogen-bond acceptors (Lipinski definition) is 12. The summed E-state index contributed by atoms with van der Waals surface area (Å²) in [6, 6.07) is 7.72. The summed E-state index contributed by atoms with van der Waals surface area (Å²) in [6.07, 6.45) is 5.99. The summed E-state index contributed by atoms with van der Waals surface area (Å²) < 4.78 is 12.4. The number of thioether (sulfide) groups is 2. The molecule has 1 aromatic carbocycles. The largest absolute Gasteiger partial charge is 0.423 e. The van der Waals surface area contributed by atoms with Crippen LogP contribution in [0.5, 0.6) is 11.5 Å². The third-order valence-corrected chi connectivity index (χ3v) is 10.2. The van der Waals surface area contributed by atoms with Crippen LogP contribution in [-0.4, -0.2) is 26.0 Å². The molecule has 2 aliphatic heterocycles. The van der Waals surface area contributed by atoms with Crippen LogP contribution in [0.1, 0.15) is 79.1 Å². The molecule has 1 aromatic rings. The fourth-order valence-electron chi connectivity index (χ4n) is 5.08. The predicted molar refractivity (Wildman–Crippen MR) is 169 cm³/mol. The highest BCUT2D eigenvalue weighted by atomic mass is 32.2. The van der Waals surface area contributed by atoms with E-state index in [1.54, 1.807) is 23.9 Å². The summed E-state index contributed by atoms with van der Waals surface area (Å²) in [5.41, 5.74) is 0.440. The normalized spacial score (nSPS) is 14.4. The monoisotopic (exact) mass is 632 g/mol. The smallest absolute Gasteiger partial charge is 0.314 e. The van der Waals surface area contributed by atoms with Crippen molar-refractivity contribution in [1.82, 2.24) is 0 Å². The molecule has 3 rings (SSSR count). The SMILES string of the molecule is CCCCC(CC)C(=O)Oc1c2c(c(OC(=O)C(CC)CCCC)c3c1N(C)C(=C(C#N)C#N)S3)N(C)C(=C(C#N)C#N)S2. The van der Waals surface area contributed by atoms with Gasteiger partial charge in [0.25, 0.3) is 0 Å². The van der Waals surface area contributed by atoms with E-state index >= 15 is 0 Å². The van der Waals surface area contributed by atoms with E-state index in [4.69, 9.17) is 9.47 Å². The van der Waals surface area contributed by atoms with Gasteiger partial charge in [-0.15, -0.1) is 0 Å². The van der Waals surface area contributed by atoms with E-state index in [-0.39, 0.29) is 34.5 Å². The molecule has 230 valence electrons. The predicted octanol–water partition coefficient (Wildman–Crippen LogP) is 7.53. The Morgan fingerprint density at radius 1 is 0.682 bits per heavy atom. The second kappa shape index (κ2) is 15.6. The average Bonchev–Trinajstić information content (AvgIpc) is 3.54. The summed E-state index contributed by atoms with van der Waals surface area (Å²) in [5, 5.41) is 39.5. The first kappa shape index (κ1) is 34.4. The Morgan fingerprint density at radius 3 is 1.30 bits per heavy atom. The van der Waals surface area contributed by atoms with Crippen LogP contribution in [0.4, 0.5) is 11.4 Å². The van der Waals surface area contributed by atoms with E-state index in [1.165, 1.54) is 0 Å². The van der Waals surface area contributed by atoms with Gasteiger partial charge in [-0.3, -0.25) is 9.59 Å². The first-order chi connectivity index (χ1) is 21.2. The van der Waals surface area contributed by atoms with Crippen molar-refractivity contribution in [2.75, 3.05) is 23.9 Å². The molecule has 10 nitrogen and oxygen atoms in total. The van der Waals surface area contributed by atoms with Crippen molar-refractivity contribution < 1.29 is 19.1 Å². The van der Waals surface area contributed by atoms with Crippen LogP contribution >= 0.6 is 23.5 Å². The molecular weight excluding hydrogens is 597 g/mol. The zero-order chi connectivity index (χ0) is 32.6. The average molecular weight is 633 g/mol. The number of allylic oxidation sites excluding steroid dienone is 2. The Labute approximate surface area is 267 Å². The third-order valence-electron chi connectivity index (χ3n) is 7.70. The highest BCUT2D eigenvalue weighted by Crippen LogP contribution is 2.66. The molecule has 2 atom stereocenters. The molecule has 2 unspecified atom stereocenters. The number of fused-ring (bicyclic) bond motifs is 2. The maximum absolute atomic E-state index is 13.6. The van der Waals surface area contributed by atoms with Gasteiger partial charge in [-0.05, 0) is 25.7 Å². The Morgan fingerprint density at radius 2 is 1.02 bits per heavy atom. The quantitative estimate of drug-likeness (QED) is 0.127. The van der Waals surface area contributed by atoms with Crippen molar-refractivity contribution in [1.29, 1.82) is 21.0 Å². The van der Waals surface area contributed by atoms with E-state index in [1.807, 2.05) is 52.0 Å². The molecule has 0 saturated heterocycles. The molecule has 0 radical (unpaired) electrons. The highest BCUT2D eigenvalue weighted by Gasteiger charge is 2.43. The van der Waals surface area contributed by atoms with Crippen LogP contribution in [0.15, 0.2) is 31.0 Å². The first-order valence-corrected chi connectivity index (χ1v) is 16.4. The van der Waals surface area contributed by atoms with E-state index < -0.39 is 11.9 Å². The number of benzene rings is 1. The van der Waals surface area contributed by atoms with Gasteiger partial charge in [0.1, 0.15) is 45.7 Å². The van der Waals surface area contributed by atoms with Crippen molar-refractivity contribution in [3.8, 4) is 35.8 Å². The Bertz CT molecular complexity index is 1410. The number of ether oxygens (including phenoxy) is 2. The molecule has 0 aromatic heterocycles. The number of nitriles is 4.